The highest BCUT2D eigenvalue weighted by Crippen LogP contribution is 2.07. The van der Waals surface area contributed by atoms with Gasteiger partial charge in [-0.15, -0.1) is 0 Å². The van der Waals surface area contributed by atoms with Gasteiger partial charge in [-0.05, 0) is 25.0 Å². The molecule has 6 nitrogen and oxygen atoms in total. The second-order valence-corrected chi connectivity index (χ2v) is 3.78. The maximum absolute atomic E-state index is 10.5. The van der Waals surface area contributed by atoms with Gasteiger partial charge in [-0.1, -0.05) is 25.5 Å². The lowest BCUT2D eigenvalue weighted by Crippen LogP contribution is -2.06. The van der Waals surface area contributed by atoms with Crippen molar-refractivity contribution in [3.05, 3.63) is 35.4 Å². The van der Waals surface area contributed by atoms with Gasteiger partial charge in [0.1, 0.15) is 0 Å². The van der Waals surface area contributed by atoms with Gasteiger partial charge in [0, 0.05) is 0 Å². The van der Waals surface area contributed by atoms with Crippen molar-refractivity contribution in [1.29, 1.82) is 0 Å². The molecular formula is C13H18O6. The van der Waals surface area contributed by atoms with E-state index in [2.05, 4.69) is 0 Å². The minimum Gasteiger partial charge on any atom is -0.478 e. The molecule has 0 atom stereocenters. The van der Waals surface area contributed by atoms with E-state index in [1.54, 1.807) is 0 Å². The van der Waals surface area contributed by atoms with E-state index in [0.29, 0.717) is 6.42 Å². The van der Waals surface area contributed by atoms with Crippen LogP contribution in [0.3, 0.4) is 0 Å². The normalized spacial score (nSPS) is 9.68. The van der Waals surface area contributed by atoms with E-state index < -0.39 is 18.2 Å². The highest BCUT2D eigenvalue weighted by molar-refractivity contribution is 6.01. The standard InChI is InChI=1S/C8H6O4.C5H12O2/c9-7(10)5-3-1-2-4-6(5)8(11)12;1-2-3-4-5(6)7/h1-4H,(H,9,10)(H,11,12);5-7H,2-4H2,1H3. The maximum Gasteiger partial charge on any atom is 0.336 e. The van der Waals surface area contributed by atoms with Crippen LogP contribution in [-0.4, -0.2) is 38.7 Å². The Morgan fingerprint density at radius 3 is 1.68 bits per heavy atom. The Labute approximate surface area is 110 Å². The largest absolute Gasteiger partial charge is 0.478 e. The minimum atomic E-state index is -1.23. The number of hydrogen-bond acceptors (Lipinski definition) is 4. The summed E-state index contributed by atoms with van der Waals surface area (Å²) in [6.45, 7) is 2.02. The third-order valence-electron chi connectivity index (χ3n) is 2.20. The molecule has 6 heteroatoms. The van der Waals surface area contributed by atoms with E-state index in [-0.39, 0.29) is 11.1 Å². The summed E-state index contributed by atoms with van der Waals surface area (Å²) in [6.07, 6.45) is 1.34. The summed E-state index contributed by atoms with van der Waals surface area (Å²) >= 11 is 0. The van der Waals surface area contributed by atoms with Crippen LogP contribution in [0.15, 0.2) is 24.3 Å². The predicted molar refractivity (Wildman–Crippen MR) is 68.1 cm³/mol. The lowest BCUT2D eigenvalue weighted by atomic mass is 10.1. The van der Waals surface area contributed by atoms with Gasteiger partial charge in [0.15, 0.2) is 6.29 Å². The van der Waals surface area contributed by atoms with Crippen molar-refractivity contribution in [3.63, 3.8) is 0 Å². The lowest BCUT2D eigenvalue weighted by Gasteiger charge is -1.98. The van der Waals surface area contributed by atoms with Crippen LogP contribution in [0.5, 0.6) is 0 Å². The second-order valence-electron chi connectivity index (χ2n) is 3.78. The third-order valence-corrected chi connectivity index (χ3v) is 2.20. The van der Waals surface area contributed by atoms with Crippen molar-refractivity contribution in [1.82, 2.24) is 0 Å². The molecule has 0 heterocycles. The molecule has 0 unspecified atom stereocenters. The van der Waals surface area contributed by atoms with Crippen molar-refractivity contribution < 1.29 is 30.0 Å². The summed E-state index contributed by atoms with van der Waals surface area (Å²) in [5, 5.41) is 33.6. The molecule has 0 aliphatic rings. The van der Waals surface area contributed by atoms with Gasteiger partial charge >= 0.3 is 11.9 Å². The number of unbranched alkanes of at least 4 members (excludes halogenated alkanes) is 1. The van der Waals surface area contributed by atoms with Gasteiger partial charge in [0.05, 0.1) is 11.1 Å². The average Bonchev–Trinajstić information content (AvgIpc) is 2.36. The topological polar surface area (TPSA) is 115 Å². The summed E-state index contributed by atoms with van der Waals surface area (Å²) in [5.41, 5.74) is -0.380. The molecule has 1 aromatic carbocycles. The van der Waals surface area contributed by atoms with E-state index in [4.69, 9.17) is 20.4 Å². The summed E-state index contributed by atoms with van der Waals surface area (Å²) in [7, 11) is 0. The molecule has 19 heavy (non-hydrogen) atoms. The first kappa shape index (κ1) is 17.1. The maximum atomic E-state index is 10.5. The number of rotatable bonds is 5. The zero-order valence-electron chi connectivity index (χ0n) is 10.6. The van der Waals surface area contributed by atoms with Gasteiger partial charge in [0.2, 0.25) is 0 Å². The lowest BCUT2D eigenvalue weighted by molar-refractivity contribution is -0.0463. The van der Waals surface area contributed by atoms with Crippen molar-refractivity contribution in [2.45, 2.75) is 32.5 Å². The first-order valence-corrected chi connectivity index (χ1v) is 5.81. The summed E-state index contributed by atoms with van der Waals surface area (Å²) < 4.78 is 0. The van der Waals surface area contributed by atoms with Crippen molar-refractivity contribution in [3.8, 4) is 0 Å². The number of hydrogen-bond donors (Lipinski definition) is 4. The number of benzene rings is 1. The van der Waals surface area contributed by atoms with Gasteiger partial charge in [-0.2, -0.15) is 0 Å². The van der Waals surface area contributed by atoms with E-state index in [0.717, 1.165) is 12.8 Å². The molecule has 1 rings (SSSR count). The number of aliphatic hydroxyl groups excluding tert-OH is 1. The average molecular weight is 270 g/mol. The van der Waals surface area contributed by atoms with Gasteiger partial charge in [-0.3, -0.25) is 0 Å². The first-order chi connectivity index (χ1) is 8.90. The fraction of sp³-hybridized carbons (Fsp3) is 0.385. The smallest absolute Gasteiger partial charge is 0.336 e. The monoisotopic (exact) mass is 270 g/mol. The molecule has 0 aromatic heterocycles. The van der Waals surface area contributed by atoms with Gasteiger partial charge < -0.3 is 20.4 Å². The van der Waals surface area contributed by atoms with Crippen LogP contribution in [0.2, 0.25) is 0 Å². The van der Waals surface area contributed by atoms with E-state index in [1.165, 1.54) is 24.3 Å². The van der Waals surface area contributed by atoms with Crippen LogP contribution in [0.25, 0.3) is 0 Å². The predicted octanol–water partition coefficient (Wildman–Crippen LogP) is 1.57. The zero-order valence-corrected chi connectivity index (χ0v) is 10.6. The molecule has 106 valence electrons. The third kappa shape index (κ3) is 7.17. The fourth-order valence-electron chi connectivity index (χ4n) is 1.24. The Balaban J connectivity index is 0.000000399. The van der Waals surface area contributed by atoms with Crippen LogP contribution < -0.4 is 0 Å². The molecule has 0 aliphatic heterocycles. The Kier molecular flexibility index (Phi) is 8.15. The molecule has 0 fully saturated rings. The summed E-state index contributed by atoms with van der Waals surface area (Å²) in [4.78, 5) is 20.9. The molecule has 0 saturated heterocycles. The fourth-order valence-corrected chi connectivity index (χ4v) is 1.24. The van der Waals surface area contributed by atoms with Crippen molar-refractivity contribution in [2.24, 2.45) is 0 Å². The van der Waals surface area contributed by atoms with Crippen molar-refractivity contribution in [2.75, 3.05) is 0 Å². The Hall–Kier alpha value is -1.92. The minimum absolute atomic E-state index is 0.190. The van der Waals surface area contributed by atoms with E-state index in [1.807, 2.05) is 6.92 Å². The molecule has 0 bridgehead atoms. The SMILES string of the molecule is CCCCC(O)O.O=C(O)c1ccccc1C(=O)O. The second kappa shape index (κ2) is 9.07. The Bertz CT molecular complexity index is 380. The molecule has 1 aromatic rings. The van der Waals surface area contributed by atoms with E-state index >= 15 is 0 Å². The molecular weight excluding hydrogens is 252 g/mol. The first-order valence-electron chi connectivity index (χ1n) is 5.81. The van der Waals surface area contributed by atoms with Crippen LogP contribution in [0, 0.1) is 0 Å². The summed E-state index contributed by atoms with van der Waals surface area (Å²) in [6, 6.07) is 5.48. The molecule has 0 saturated carbocycles. The molecule has 4 N–H and O–H groups in total. The van der Waals surface area contributed by atoms with Gasteiger partial charge in [-0.25, -0.2) is 9.59 Å². The Morgan fingerprint density at radius 1 is 1.05 bits per heavy atom. The molecule has 0 radical (unpaired) electrons. The molecule has 0 spiro atoms. The van der Waals surface area contributed by atoms with E-state index in [9.17, 15) is 9.59 Å². The number of carbonyl (C=O) groups is 2. The molecule has 0 amide bonds. The van der Waals surface area contributed by atoms with Gasteiger partial charge in [0.25, 0.3) is 0 Å². The number of aromatic carboxylic acids is 2. The van der Waals surface area contributed by atoms with Crippen LogP contribution in [0.4, 0.5) is 0 Å². The Morgan fingerprint density at radius 2 is 1.47 bits per heavy atom. The van der Waals surface area contributed by atoms with Crippen LogP contribution >= 0.6 is 0 Å². The molecule has 0 aliphatic carbocycles. The highest BCUT2D eigenvalue weighted by Gasteiger charge is 2.13. The number of carboxylic acids is 2. The van der Waals surface area contributed by atoms with Crippen LogP contribution in [-0.2, 0) is 0 Å². The summed E-state index contributed by atoms with van der Waals surface area (Å²) in [5.74, 6) is -2.46. The van der Waals surface area contributed by atoms with Crippen molar-refractivity contribution >= 4 is 11.9 Å². The number of carboxylic acid groups (broad SMARTS) is 2. The quantitative estimate of drug-likeness (QED) is 0.604. The highest BCUT2D eigenvalue weighted by atomic mass is 16.5. The van der Waals surface area contributed by atoms with Crippen LogP contribution in [0.1, 0.15) is 46.9 Å². The number of aliphatic hydroxyl groups is 2. The zero-order chi connectivity index (χ0) is 14.8.